The van der Waals surface area contributed by atoms with Crippen LogP contribution >= 0.6 is 0 Å². The zero-order chi connectivity index (χ0) is 13.2. The van der Waals surface area contributed by atoms with Crippen LogP contribution in [-0.4, -0.2) is 11.9 Å². The van der Waals surface area contributed by atoms with Crippen molar-refractivity contribution in [2.75, 3.05) is 4.90 Å². The first-order chi connectivity index (χ1) is 9.25. The van der Waals surface area contributed by atoms with Crippen molar-refractivity contribution < 1.29 is 4.79 Å². The molecule has 2 aliphatic rings. The molecule has 1 aliphatic carbocycles. The second-order valence-electron chi connectivity index (χ2n) is 6.15. The molecule has 1 amide bonds. The van der Waals surface area contributed by atoms with Gasteiger partial charge in [0, 0.05) is 18.2 Å². The van der Waals surface area contributed by atoms with Crippen molar-refractivity contribution in [3.63, 3.8) is 0 Å². The third kappa shape index (κ3) is 2.54. The normalized spacial score (nSPS) is 23.4. The number of hydrogen-bond acceptors (Lipinski definition) is 1. The van der Waals surface area contributed by atoms with Gasteiger partial charge < -0.3 is 4.90 Å². The maximum atomic E-state index is 12.6. The lowest BCUT2D eigenvalue weighted by Gasteiger charge is -2.27. The highest BCUT2D eigenvalue weighted by molar-refractivity contribution is 5.96. The van der Waals surface area contributed by atoms with Gasteiger partial charge in [-0.1, -0.05) is 37.5 Å². The van der Waals surface area contributed by atoms with Gasteiger partial charge in [0.2, 0.25) is 5.91 Å². The van der Waals surface area contributed by atoms with Crippen LogP contribution in [0.5, 0.6) is 0 Å². The molecule has 19 heavy (non-hydrogen) atoms. The lowest BCUT2D eigenvalue weighted by molar-refractivity contribution is -0.120. The molecular weight excluding hydrogens is 234 g/mol. The summed E-state index contributed by atoms with van der Waals surface area (Å²) in [7, 11) is 0. The molecule has 0 spiro atoms. The third-order valence-electron chi connectivity index (χ3n) is 4.66. The third-order valence-corrected chi connectivity index (χ3v) is 4.66. The van der Waals surface area contributed by atoms with Crippen LogP contribution in [0.25, 0.3) is 0 Å². The van der Waals surface area contributed by atoms with E-state index in [1.54, 1.807) is 0 Å². The molecule has 1 aliphatic heterocycles. The summed E-state index contributed by atoms with van der Waals surface area (Å²) in [5.74, 6) is 0.963. The van der Waals surface area contributed by atoms with Crippen molar-refractivity contribution in [3.8, 4) is 0 Å². The molecule has 0 radical (unpaired) electrons. The first kappa shape index (κ1) is 12.7. The number of anilines is 1. The van der Waals surface area contributed by atoms with E-state index >= 15 is 0 Å². The minimum atomic E-state index is 0.327. The fraction of sp³-hybridized carbons (Fsp3) is 0.588. The molecule has 0 saturated heterocycles. The van der Waals surface area contributed by atoms with Crippen LogP contribution in [0.15, 0.2) is 24.3 Å². The maximum absolute atomic E-state index is 12.6. The van der Waals surface area contributed by atoms with Crippen LogP contribution in [0.1, 0.15) is 51.0 Å². The first-order valence-corrected chi connectivity index (χ1v) is 7.65. The number of hydrogen-bond donors (Lipinski definition) is 0. The Morgan fingerprint density at radius 2 is 1.95 bits per heavy atom. The predicted octanol–water partition coefficient (Wildman–Crippen LogP) is 3.93. The Bertz CT molecular complexity index is 462. The highest BCUT2D eigenvalue weighted by atomic mass is 16.2. The summed E-state index contributed by atoms with van der Waals surface area (Å²) in [6.07, 6.45) is 8.22. The molecule has 0 N–H and O–H groups in total. The fourth-order valence-corrected chi connectivity index (χ4v) is 3.68. The Hall–Kier alpha value is -1.31. The maximum Gasteiger partial charge on any atom is 0.227 e. The van der Waals surface area contributed by atoms with E-state index in [0.717, 1.165) is 18.5 Å². The van der Waals surface area contributed by atoms with Gasteiger partial charge in [-0.3, -0.25) is 4.79 Å². The van der Waals surface area contributed by atoms with Crippen molar-refractivity contribution in [2.24, 2.45) is 5.92 Å². The van der Waals surface area contributed by atoms with Gasteiger partial charge in [-0.25, -0.2) is 0 Å². The smallest absolute Gasteiger partial charge is 0.227 e. The van der Waals surface area contributed by atoms with Gasteiger partial charge in [0.05, 0.1) is 0 Å². The van der Waals surface area contributed by atoms with Crippen LogP contribution in [0.2, 0.25) is 0 Å². The summed E-state index contributed by atoms with van der Waals surface area (Å²) in [4.78, 5) is 14.7. The molecule has 0 bridgehead atoms. The van der Waals surface area contributed by atoms with E-state index in [9.17, 15) is 4.79 Å². The van der Waals surface area contributed by atoms with E-state index < -0.39 is 0 Å². The second kappa shape index (κ2) is 5.36. The van der Waals surface area contributed by atoms with Gasteiger partial charge in [0.25, 0.3) is 0 Å². The Labute approximate surface area is 115 Å². The molecule has 1 heterocycles. The molecule has 2 heteroatoms. The van der Waals surface area contributed by atoms with Crippen molar-refractivity contribution >= 4 is 11.6 Å². The largest absolute Gasteiger partial charge is 0.309 e. The van der Waals surface area contributed by atoms with Crippen LogP contribution in [0.4, 0.5) is 5.69 Å². The topological polar surface area (TPSA) is 20.3 Å². The van der Waals surface area contributed by atoms with Gasteiger partial charge >= 0.3 is 0 Å². The zero-order valence-corrected chi connectivity index (χ0v) is 11.8. The Morgan fingerprint density at radius 3 is 2.74 bits per heavy atom. The van der Waals surface area contributed by atoms with Crippen molar-refractivity contribution in [3.05, 3.63) is 29.8 Å². The molecule has 0 aromatic heterocycles. The summed E-state index contributed by atoms with van der Waals surface area (Å²) >= 11 is 0. The number of fused-ring (bicyclic) bond motifs is 1. The summed E-state index contributed by atoms with van der Waals surface area (Å²) in [6.45, 7) is 2.17. The second-order valence-corrected chi connectivity index (χ2v) is 6.15. The highest BCUT2D eigenvalue weighted by Crippen LogP contribution is 2.34. The molecule has 1 atom stereocenters. The predicted molar refractivity (Wildman–Crippen MR) is 78.3 cm³/mol. The quantitative estimate of drug-likeness (QED) is 0.786. The van der Waals surface area contributed by atoms with Crippen LogP contribution < -0.4 is 4.90 Å². The fourth-order valence-electron chi connectivity index (χ4n) is 3.68. The van der Waals surface area contributed by atoms with Crippen molar-refractivity contribution in [1.29, 1.82) is 0 Å². The van der Waals surface area contributed by atoms with Crippen LogP contribution in [0.3, 0.4) is 0 Å². The van der Waals surface area contributed by atoms with E-state index in [4.69, 9.17) is 0 Å². The zero-order valence-electron chi connectivity index (χ0n) is 11.8. The molecule has 1 fully saturated rings. The Balaban J connectivity index is 1.72. The standard InChI is InChI=1S/C17H23NO/c1-13-11-15-9-5-6-10-16(15)18(13)17(19)12-14-7-3-2-4-8-14/h5-6,9-10,13-14H,2-4,7-8,11-12H2,1H3. The Kier molecular flexibility index (Phi) is 3.58. The number of amides is 1. The van der Waals surface area contributed by atoms with E-state index in [1.165, 1.54) is 37.7 Å². The number of nitrogens with zero attached hydrogens (tertiary/aromatic N) is 1. The minimum Gasteiger partial charge on any atom is -0.309 e. The number of carbonyl (C=O) groups excluding carboxylic acids is 1. The first-order valence-electron chi connectivity index (χ1n) is 7.65. The van der Waals surface area contributed by atoms with E-state index in [2.05, 4.69) is 25.1 Å². The molecule has 3 rings (SSSR count). The molecule has 1 unspecified atom stereocenters. The molecule has 1 saturated carbocycles. The van der Waals surface area contributed by atoms with Crippen molar-refractivity contribution in [2.45, 2.75) is 57.9 Å². The lowest BCUT2D eigenvalue weighted by atomic mass is 9.86. The lowest BCUT2D eigenvalue weighted by Crippen LogP contribution is -2.36. The minimum absolute atomic E-state index is 0.327. The summed E-state index contributed by atoms with van der Waals surface area (Å²) in [5.41, 5.74) is 2.47. The summed E-state index contributed by atoms with van der Waals surface area (Å²) in [6, 6.07) is 8.68. The molecule has 1 aromatic rings. The van der Waals surface area contributed by atoms with Crippen molar-refractivity contribution in [1.82, 2.24) is 0 Å². The highest BCUT2D eigenvalue weighted by Gasteiger charge is 2.31. The van der Waals surface area contributed by atoms with E-state index in [1.807, 2.05) is 11.0 Å². The molecule has 102 valence electrons. The van der Waals surface area contributed by atoms with Gasteiger partial charge in [-0.15, -0.1) is 0 Å². The van der Waals surface area contributed by atoms with Gasteiger partial charge in [-0.05, 0) is 43.7 Å². The van der Waals surface area contributed by atoms with Crippen LogP contribution in [0, 0.1) is 5.92 Å². The number of benzene rings is 1. The van der Waals surface area contributed by atoms with Gasteiger partial charge in [-0.2, -0.15) is 0 Å². The monoisotopic (exact) mass is 257 g/mol. The van der Waals surface area contributed by atoms with Gasteiger partial charge in [0.1, 0.15) is 0 Å². The summed E-state index contributed by atoms with van der Waals surface area (Å²) in [5, 5.41) is 0. The summed E-state index contributed by atoms with van der Waals surface area (Å²) < 4.78 is 0. The number of para-hydroxylation sites is 1. The number of carbonyl (C=O) groups is 1. The van der Waals surface area contributed by atoms with E-state index in [0.29, 0.717) is 17.9 Å². The van der Waals surface area contributed by atoms with Gasteiger partial charge in [0.15, 0.2) is 0 Å². The number of rotatable bonds is 2. The SMILES string of the molecule is CC1Cc2ccccc2N1C(=O)CC1CCCCC1. The average Bonchev–Trinajstić information content (AvgIpc) is 2.75. The molecular formula is C17H23NO. The molecule has 1 aromatic carbocycles. The van der Waals surface area contributed by atoms with Crippen LogP contribution in [-0.2, 0) is 11.2 Å². The molecule has 2 nitrogen and oxygen atoms in total. The van der Waals surface area contributed by atoms with E-state index in [-0.39, 0.29) is 0 Å². The Morgan fingerprint density at radius 1 is 1.21 bits per heavy atom. The average molecular weight is 257 g/mol.